The van der Waals surface area contributed by atoms with E-state index < -0.39 is 19.9 Å². The van der Waals surface area contributed by atoms with Gasteiger partial charge in [-0.3, -0.25) is 4.72 Å². The van der Waals surface area contributed by atoms with Crippen LogP contribution in [-0.2, 0) is 19.9 Å². The normalized spacial score (nSPS) is 19.2. The lowest BCUT2D eigenvalue weighted by Crippen LogP contribution is -2.33. The van der Waals surface area contributed by atoms with Gasteiger partial charge in [0.15, 0.2) is 21.5 Å². The van der Waals surface area contributed by atoms with Crippen LogP contribution in [0, 0.1) is 6.92 Å². The van der Waals surface area contributed by atoms with Gasteiger partial charge in [-0.2, -0.15) is 0 Å². The average Bonchev–Trinajstić information content (AvgIpc) is 2.95. The van der Waals surface area contributed by atoms with E-state index in [1.165, 1.54) is 12.1 Å². The van der Waals surface area contributed by atoms with Crippen molar-refractivity contribution in [1.29, 1.82) is 0 Å². The SMILES string of the molecule is Cc1ccccc1S(=O)(=O)Nc1ccc(N(C)C2CCS(=O)(=O)C2)nn1. The van der Waals surface area contributed by atoms with Crippen LogP contribution in [0.5, 0.6) is 0 Å². The molecule has 1 unspecified atom stereocenters. The summed E-state index contributed by atoms with van der Waals surface area (Å²) in [7, 11) is -4.99. The number of nitrogens with zero attached hydrogens (tertiary/aromatic N) is 3. The number of rotatable bonds is 5. The second-order valence-corrected chi connectivity index (χ2v) is 10.2. The number of sulfonamides is 1. The molecule has 0 bridgehead atoms. The third-order valence-corrected chi connectivity index (χ3v) is 7.66. The maximum absolute atomic E-state index is 12.5. The lowest BCUT2D eigenvalue weighted by Gasteiger charge is -2.23. The number of anilines is 2. The van der Waals surface area contributed by atoms with Gasteiger partial charge in [-0.15, -0.1) is 10.2 Å². The summed E-state index contributed by atoms with van der Waals surface area (Å²) in [4.78, 5) is 1.94. The van der Waals surface area contributed by atoms with E-state index >= 15 is 0 Å². The summed E-state index contributed by atoms with van der Waals surface area (Å²) in [6, 6.07) is 9.64. The number of hydrogen-bond acceptors (Lipinski definition) is 7. The Hall–Kier alpha value is -2.20. The highest BCUT2D eigenvalue weighted by Gasteiger charge is 2.31. The standard InChI is InChI=1S/C16H20N4O4S2/c1-12-5-3-4-6-14(12)26(23,24)19-15-7-8-16(18-17-15)20(2)13-9-10-25(21,22)11-13/h3-8,13H,9-11H2,1-2H3,(H,17,19). The van der Waals surface area contributed by atoms with Crippen molar-refractivity contribution in [3.05, 3.63) is 42.0 Å². The fourth-order valence-corrected chi connectivity index (χ4v) is 5.90. The van der Waals surface area contributed by atoms with Crippen molar-refractivity contribution < 1.29 is 16.8 Å². The molecule has 140 valence electrons. The molecule has 1 saturated heterocycles. The average molecular weight is 396 g/mol. The topological polar surface area (TPSA) is 109 Å². The van der Waals surface area contributed by atoms with Crippen molar-refractivity contribution in [2.24, 2.45) is 0 Å². The van der Waals surface area contributed by atoms with Crippen LogP contribution in [0.1, 0.15) is 12.0 Å². The summed E-state index contributed by atoms with van der Waals surface area (Å²) in [5.41, 5.74) is 0.631. The second kappa shape index (κ2) is 6.84. The second-order valence-electron chi connectivity index (χ2n) is 6.32. The Labute approximate surface area is 153 Å². The minimum atomic E-state index is -3.75. The molecule has 1 fully saturated rings. The van der Waals surface area contributed by atoms with Gasteiger partial charge in [0.25, 0.3) is 10.0 Å². The van der Waals surface area contributed by atoms with Gasteiger partial charge in [0.1, 0.15) is 0 Å². The van der Waals surface area contributed by atoms with Gasteiger partial charge in [0.05, 0.1) is 16.4 Å². The van der Waals surface area contributed by atoms with Crippen LogP contribution in [0.15, 0.2) is 41.3 Å². The van der Waals surface area contributed by atoms with Crippen LogP contribution in [0.3, 0.4) is 0 Å². The van der Waals surface area contributed by atoms with Crippen LogP contribution in [-0.4, -0.2) is 51.6 Å². The molecule has 1 atom stereocenters. The zero-order valence-corrected chi connectivity index (χ0v) is 16.1. The highest BCUT2D eigenvalue weighted by Crippen LogP contribution is 2.22. The first-order valence-corrected chi connectivity index (χ1v) is 11.3. The number of sulfone groups is 1. The molecule has 0 radical (unpaired) electrons. The van der Waals surface area contributed by atoms with E-state index in [-0.39, 0.29) is 28.3 Å². The van der Waals surface area contributed by atoms with Crippen molar-refractivity contribution >= 4 is 31.5 Å². The highest BCUT2D eigenvalue weighted by atomic mass is 32.2. The molecule has 0 spiro atoms. The van der Waals surface area contributed by atoms with Crippen molar-refractivity contribution in [2.75, 3.05) is 28.2 Å². The number of benzene rings is 1. The smallest absolute Gasteiger partial charge is 0.263 e. The first kappa shape index (κ1) is 18.6. The summed E-state index contributed by atoms with van der Waals surface area (Å²) in [5, 5.41) is 7.94. The van der Waals surface area contributed by atoms with E-state index in [1.807, 2.05) is 0 Å². The highest BCUT2D eigenvalue weighted by molar-refractivity contribution is 7.92. The van der Waals surface area contributed by atoms with Crippen molar-refractivity contribution in [3.63, 3.8) is 0 Å². The molecule has 1 aliphatic heterocycles. The predicted octanol–water partition coefficient (Wildman–Crippen LogP) is 1.21. The molecule has 0 amide bonds. The van der Waals surface area contributed by atoms with Gasteiger partial charge in [-0.05, 0) is 37.1 Å². The summed E-state index contributed by atoms with van der Waals surface area (Å²) in [6.45, 7) is 1.72. The van der Waals surface area contributed by atoms with E-state index in [4.69, 9.17) is 0 Å². The molecule has 1 aromatic carbocycles. The lowest BCUT2D eigenvalue weighted by molar-refractivity contribution is 0.598. The Morgan fingerprint density at radius 3 is 2.46 bits per heavy atom. The Morgan fingerprint density at radius 2 is 1.88 bits per heavy atom. The van der Waals surface area contributed by atoms with E-state index in [0.717, 1.165) is 0 Å². The Morgan fingerprint density at radius 1 is 1.15 bits per heavy atom. The monoisotopic (exact) mass is 396 g/mol. The quantitative estimate of drug-likeness (QED) is 0.809. The molecule has 1 aromatic heterocycles. The van der Waals surface area contributed by atoms with Crippen LogP contribution in [0.25, 0.3) is 0 Å². The third kappa shape index (κ3) is 3.96. The number of nitrogens with one attached hydrogen (secondary N) is 1. The van der Waals surface area contributed by atoms with Gasteiger partial charge in [0, 0.05) is 13.1 Å². The number of aromatic nitrogens is 2. The molecule has 1 aliphatic rings. The molecule has 2 heterocycles. The molecule has 8 nitrogen and oxygen atoms in total. The molecule has 2 aromatic rings. The van der Waals surface area contributed by atoms with Gasteiger partial charge >= 0.3 is 0 Å². The molecule has 10 heteroatoms. The van der Waals surface area contributed by atoms with E-state index in [0.29, 0.717) is 17.8 Å². The fourth-order valence-electron chi connectivity index (χ4n) is 2.89. The van der Waals surface area contributed by atoms with Crippen molar-refractivity contribution in [1.82, 2.24) is 10.2 Å². The molecular formula is C16H20N4O4S2. The maximum atomic E-state index is 12.5. The molecule has 26 heavy (non-hydrogen) atoms. The summed E-state index contributed by atoms with van der Waals surface area (Å²) in [5.74, 6) is 0.853. The van der Waals surface area contributed by atoms with E-state index in [9.17, 15) is 16.8 Å². The molecule has 1 N–H and O–H groups in total. The Balaban J connectivity index is 1.75. The van der Waals surface area contributed by atoms with Crippen LogP contribution in [0.2, 0.25) is 0 Å². The summed E-state index contributed by atoms with van der Waals surface area (Å²) in [6.07, 6.45) is 0.544. The van der Waals surface area contributed by atoms with Crippen molar-refractivity contribution in [3.8, 4) is 0 Å². The third-order valence-electron chi connectivity index (χ3n) is 4.39. The number of hydrogen-bond donors (Lipinski definition) is 1. The van der Waals surface area contributed by atoms with Crippen LogP contribution >= 0.6 is 0 Å². The molecular weight excluding hydrogens is 376 g/mol. The minimum Gasteiger partial charge on any atom is -0.354 e. The zero-order valence-electron chi connectivity index (χ0n) is 14.5. The predicted molar refractivity (Wildman–Crippen MR) is 99.5 cm³/mol. The Kier molecular flexibility index (Phi) is 4.89. The maximum Gasteiger partial charge on any atom is 0.263 e. The van der Waals surface area contributed by atoms with Gasteiger partial charge in [0.2, 0.25) is 0 Å². The Bertz CT molecular complexity index is 1000. The zero-order chi connectivity index (χ0) is 18.9. The van der Waals surface area contributed by atoms with E-state index in [2.05, 4.69) is 14.9 Å². The van der Waals surface area contributed by atoms with Crippen LogP contribution in [0.4, 0.5) is 11.6 Å². The fraction of sp³-hybridized carbons (Fsp3) is 0.375. The van der Waals surface area contributed by atoms with Gasteiger partial charge in [-0.25, -0.2) is 16.8 Å². The first-order valence-electron chi connectivity index (χ1n) is 8.03. The largest absolute Gasteiger partial charge is 0.354 e. The summed E-state index contributed by atoms with van der Waals surface area (Å²) >= 11 is 0. The molecule has 3 rings (SSSR count). The molecule has 0 aliphatic carbocycles. The van der Waals surface area contributed by atoms with Gasteiger partial charge in [-0.1, -0.05) is 18.2 Å². The van der Waals surface area contributed by atoms with Crippen LogP contribution < -0.4 is 9.62 Å². The lowest BCUT2D eigenvalue weighted by atomic mass is 10.2. The molecule has 0 saturated carbocycles. The van der Waals surface area contributed by atoms with Gasteiger partial charge < -0.3 is 4.90 Å². The number of aryl methyl sites for hydroxylation is 1. The summed E-state index contributed by atoms with van der Waals surface area (Å²) < 4.78 is 50.6. The first-order chi connectivity index (χ1) is 12.2. The van der Waals surface area contributed by atoms with E-state index in [1.54, 1.807) is 43.1 Å². The van der Waals surface area contributed by atoms with Crippen molar-refractivity contribution in [2.45, 2.75) is 24.3 Å². The minimum absolute atomic E-state index is 0.0901.